The van der Waals surface area contributed by atoms with Gasteiger partial charge in [0, 0.05) is 13.1 Å². The number of anilines is 1. The first kappa shape index (κ1) is 13.1. The van der Waals surface area contributed by atoms with Crippen molar-refractivity contribution in [2.45, 2.75) is 12.8 Å². The van der Waals surface area contributed by atoms with Crippen molar-refractivity contribution in [1.29, 1.82) is 0 Å². The highest BCUT2D eigenvalue weighted by Gasteiger charge is 2.27. The molecule has 0 aliphatic carbocycles. The maximum absolute atomic E-state index is 11.0. The standard InChI is InChI=1S/C11H14BrN3O3/c1-18-9-8(12)5-13-11(14-9)15-4-2-3-7(6-15)10(16)17/h5,7H,2-4,6H2,1H3,(H,16,17). The second-order valence-electron chi connectivity index (χ2n) is 4.15. The first-order valence-electron chi connectivity index (χ1n) is 5.66. The Bertz CT molecular complexity index is 455. The van der Waals surface area contributed by atoms with Crippen molar-refractivity contribution >= 4 is 27.8 Å². The summed E-state index contributed by atoms with van der Waals surface area (Å²) in [7, 11) is 1.53. The zero-order valence-electron chi connectivity index (χ0n) is 9.97. The fourth-order valence-corrected chi connectivity index (χ4v) is 2.35. The lowest BCUT2D eigenvalue weighted by Crippen LogP contribution is -2.39. The number of halogens is 1. The minimum atomic E-state index is -0.760. The summed E-state index contributed by atoms with van der Waals surface area (Å²) in [6.45, 7) is 1.22. The lowest BCUT2D eigenvalue weighted by atomic mass is 9.99. The highest BCUT2D eigenvalue weighted by Crippen LogP contribution is 2.26. The molecule has 0 aromatic carbocycles. The van der Waals surface area contributed by atoms with Crippen molar-refractivity contribution in [1.82, 2.24) is 9.97 Å². The summed E-state index contributed by atoms with van der Waals surface area (Å²) in [5.41, 5.74) is 0. The Labute approximate surface area is 113 Å². The molecule has 18 heavy (non-hydrogen) atoms. The SMILES string of the molecule is COc1nc(N2CCCC(C(=O)O)C2)ncc1Br. The topological polar surface area (TPSA) is 75.5 Å². The van der Waals surface area contributed by atoms with E-state index >= 15 is 0 Å². The predicted molar refractivity (Wildman–Crippen MR) is 68.9 cm³/mol. The van der Waals surface area contributed by atoms with Gasteiger partial charge in [0.25, 0.3) is 0 Å². The molecule has 7 heteroatoms. The van der Waals surface area contributed by atoms with Crippen molar-refractivity contribution in [3.63, 3.8) is 0 Å². The van der Waals surface area contributed by atoms with Gasteiger partial charge in [-0.15, -0.1) is 0 Å². The number of piperidine rings is 1. The summed E-state index contributed by atoms with van der Waals surface area (Å²) in [6, 6.07) is 0. The molecular formula is C11H14BrN3O3. The molecule has 0 bridgehead atoms. The molecule has 0 amide bonds. The highest BCUT2D eigenvalue weighted by molar-refractivity contribution is 9.10. The van der Waals surface area contributed by atoms with E-state index in [2.05, 4.69) is 25.9 Å². The van der Waals surface area contributed by atoms with Gasteiger partial charge in [-0.3, -0.25) is 4.79 Å². The van der Waals surface area contributed by atoms with Gasteiger partial charge in [-0.1, -0.05) is 0 Å². The normalized spacial score (nSPS) is 19.7. The molecule has 1 aromatic rings. The monoisotopic (exact) mass is 315 g/mol. The van der Waals surface area contributed by atoms with Crippen LogP contribution in [0.15, 0.2) is 10.7 Å². The molecule has 1 aromatic heterocycles. The number of hydrogen-bond donors (Lipinski definition) is 1. The molecule has 1 atom stereocenters. The number of methoxy groups -OCH3 is 1. The Balaban J connectivity index is 2.18. The van der Waals surface area contributed by atoms with Crippen LogP contribution in [-0.2, 0) is 4.79 Å². The number of carboxylic acid groups (broad SMARTS) is 1. The van der Waals surface area contributed by atoms with Crippen molar-refractivity contribution in [3.05, 3.63) is 10.7 Å². The fraction of sp³-hybridized carbons (Fsp3) is 0.545. The third kappa shape index (κ3) is 2.72. The van der Waals surface area contributed by atoms with Crippen molar-refractivity contribution in [3.8, 4) is 5.88 Å². The molecule has 1 aliphatic heterocycles. The van der Waals surface area contributed by atoms with Gasteiger partial charge in [-0.25, -0.2) is 4.98 Å². The predicted octanol–water partition coefficient (Wildman–Crippen LogP) is 1.55. The maximum atomic E-state index is 11.0. The number of carboxylic acids is 1. The molecular weight excluding hydrogens is 302 g/mol. The van der Waals surface area contributed by atoms with Gasteiger partial charge in [0.05, 0.1) is 23.7 Å². The summed E-state index contributed by atoms with van der Waals surface area (Å²) < 4.78 is 5.79. The van der Waals surface area contributed by atoms with Crippen LogP contribution in [0.4, 0.5) is 5.95 Å². The molecule has 6 nitrogen and oxygen atoms in total. The van der Waals surface area contributed by atoms with Crippen LogP contribution >= 0.6 is 15.9 Å². The van der Waals surface area contributed by atoms with E-state index < -0.39 is 5.97 Å². The average Bonchev–Trinajstić information content (AvgIpc) is 2.39. The third-order valence-electron chi connectivity index (χ3n) is 2.95. The molecule has 1 unspecified atom stereocenters. The largest absolute Gasteiger partial charge is 0.481 e. The van der Waals surface area contributed by atoms with Crippen LogP contribution in [0, 0.1) is 5.92 Å². The number of carbonyl (C=O) groups is 1. The Morgan fingerprint density at radius 1 is 1.67 bits per heavy atom. The second kappa shape index (κ2) is 5.51. The first-order chi connectivity index (χ1) is 8.61. The first-order valence-corrected chi connectivity index (χ1v) is 6.45. The number of hydrogen-bond acceptors (Lipinski definition) is 5. The van der Waals surface area contributed by atoms with Gasteiger partial charge in [-0.05, 0) is 28.8 Å². The summed E-state index contributed by atoms with van der Waals surface area (Å²) >= 11 is 3.29. The van der Waals surface area contributed by atoms with E-state index in [1.54, 1.807) is 6.20 Å². The van der Waals surface area contributed by atoms with Crippen LogP contribution in [0.25, 0.3) is 0 Å². The van der Waals surface area contributed by atoms with Gasteiger partial charge >= 0.3 is 5.97 Å². The summed E-state index contributed by atoms with van der Waals surface area (Å²) in [6.07, 6.45) is 3.16. The Hall–Kier alpha value is -1.37. The lowest BCUT2D eigenvalue weighted by Gasteiger charge is -2.30. The molecule has 2 rings (SSSR count). The molecule has 1 fully saturated rings. The number of nitrogens with zero attached hydrogens (tertiary/aromatic N) is 3. The van der Waals surface area contributed by atoms with E-state index in [-0.39, 0.29) is 5.92 Å². The zero-order chi connectivity index (χ0) is 13.1. The summed E-state index contributed by atoms with van der Waals surface area (Å²) in [5, 5.41) is 9.05. The smallest absolute Gasteiger partial charge is 0.308 e. The molecule has 1 N–H and O–H groups in total. The molecule has 1 aliphatic rings. The lowest BCUT2D eigenvalue weighted by molar-refractivity contribution is -0.141. The van der Waals surface area contributed by atoms with Crippen LogP contribution in [0.3, 0.4) is 0 Å². The summed E-state index contributed by atoms with van der Waals surface area (Å²) in [4.78, 5) is 21.4. The second-order valence-corrected chi connectivity index (χ2v) is 5.00. The highest BCUT2D eigenvalue weighted by atomic mass is 79.9. The average molecular weight is 316 g/mol. The molecule has 1 saturated heterocycles. The van der Waals surface area contributed by atoms with Crippen molar-refractivity contribution in [2.24, 2.45) is 5.92 Å². The Kier molecular flexibility index (Phi) is 4.00. The number of aromatic nitrogens is 2. The van der Waals surface area contributed by atoms with E-state index in [1.807, 2.05) is 4.90 Å². The van der Waals surface area contributed by atoms with Gasteiger partial charge in [0.2, 0.25) is 11.8 Å². The number of aliphatic carboxylic acids is 1. The minimum Gasteiger partial charge on any atom is -0.481 e. The van der Waals surface area contributed by atoms with Crippen LogP contribution < -0.4 is 9.64 Å². The van der Waals surface area contributed by atoms with E-state index in [0.717, 1.165) is 13.0 Å². The Morgan fingerprint density at radius 2 is 2.44 bits per heavy atom. The minimum absolute atomic E-state index is 0.350. The van der Waals surface area contributed by atoms with Crippen LogP contribution in [0.2, 0.25) is 0 Å². The molecule has 0 spiro atoms. The summed E-state index contributed by atoms with van der Waals surface area (Å²) in [5.74, 6) is -0.140. The van der Waals surface area contributed by atoms with Gasteiger partial charge in [0.15, 0.2) is 0 Å². The number of ether oxygens (including phenoxy) is 1. The van der Waals surface area contributed by atoms with E-state index in [1.165, 1.54) is 7.11 Å². The molecule has 2 heterocycles. The van der Waals surface area contributed by atoms with Gasteiger partial charge < -0.3 is 14.7 Å². The van der Waals surface area contributed by atoms with E-state index in [9.17, 15) is 4.79 Å². The number of rotatable bonds is 3. The molecule has 0 radical (unpaired) electrons. The van der Waals surface area contributed by atoms with Crippen LogP contribution in [-0.4, -0.2) is 41.2 Å². The quantitative estimate of drug-likeness (QED) is 0.912. The molecule has 98 valence electrons. The van der Waals surface area contributed by atoms with E-state index in [4.69, 9.17) is 9.84 Å². The fourth-order valence-electron chi connectivity index (χ4n) is 2.00. The Morgan fingerprint density at radius 3 is 3.11 bits per heavy atom. The molecule has 0 saturated carbocycles. The maximum Gasteiger partial charge on any atom is 0.308 e. The van der Waals surface area contributed by atoms with Crippen molar-refractivity contribution in [2.75, 3.05) is 25.1 Å². The third-order valence-corrected chi connectivity index (χ3v) is 3.49. The zero-order valence-corrected chi connectivity index (χ0v) is 11.6. The van der Waals surface area contributed by atoms with Gasteiger partial charge in [-0.2, -0.15) is 4.98 Å². The van der Waals surface area contributed by atoms with Gasteiger partial charge in [0.1, 0.15) is 0 Å². The van der Waals surface area contributed by atoms with Crippen LogP contribution in [0.1, 0.15) is 12.8 Å². The van der Waals surface area contributed by atoms with E-state index in [0.29, 0.717) is 29.3 Å². The van der Waals surface area contributed by atoms with Crippen molar-refractivity contribution < 1.29 is 14.6 Å². The van der Waals surface area contributed by atoms with Crippen LogP contribution in [0.5, 0.6) is 5.88 Å².